The molecule has 0 bridgehead atoms. The Hall–Kier alpha value is -0.840. The Labute approximate surface area is 88.1 Å². The third kappa shape index (κ3) is 3.14. The lowest BCUT2D eigenvalue weighted by Crippen LogP contribution is -2.12. The van der Waals surface area contributed by atoms with Crippen LogP contribution in [0.4, 0.5) is 0 Å². The molecular formula is C9H15N3OS. The van der Waals surface area contributed by atoms with Gasteiger partial charge in [-0.25, -0.2) is 9.67 Å². The van der Waals surface area contributed by atoms with Gasteiger partial charge in [-0.2, -0.15) is 16.9 Å². The van der Waals surface area contributed by atoms with Crippen molar-refractivity contribution in [3.05, 3.63) is 12.2 Å². The quantitative estimate of drug-likeness (QED) is 0.711. The van der Waals surface area contributed by atoms with Gasteiger partial charge in [0.05, 0.1) is 12.2 Å². The Morgan fingerprint density at radius 2 is 2.36 bits per heavy atom. The Morgan fingerprint density at radius 3 is 3.00 bits per heavy atom. The van der Waals surface area contributed by atoms with Gasteiger partial charge in [0.25, 0.3) is 0 Å². The van der Waals surface area contributed by atoms with Crippen LogP contribution in [-0.4, -0.2) is 32.1 Å². The van der Waals surface area contributed by atoms with Gasteiger partial charge in [0, 0.05) is 6.54 Å². The number of hydrogen-bond donors (Lipinski definition) is 0. The van der Waals surface area contributed by atoms with Gasteiger partial charge >= 0.3 is 0 Å². The number of aromatic nitrogens is 3. The molecule has 0 amide bonds. The number of carbonyl (C=O) groups excluding carboxylic acids is 1. The maximum absolute atomic E-state index is 11.4. The normalized spacial score (nSPS) is 10.4. The van der Waals surface area contributed by atoms with Gasteiger partial charge in [0.15, 0.2) is 0 Å². The van der Waals surface area contributed by atoms with E-state index in [2.05, 4.69) is 10.1 Å². The minimum atomic E-state index is 0.222. The molecule has 0 spiro atoms. The second-order valence-electron chi connectivity index (χ2n) is 2.84. The fraction of sp³-hybridized carbons (Fsp3) is 0.667. The highest BCUT2D eigenvalue weighted by Crippen LogP contribution is 2.02. The maximum Gasteiger partial charge on any atom is 0.150 e. The van der Waals surface area contributed by atoms with E-state index in [9.17, 15) is 4.79 Å². The van der Waals surface area contributed by atoms with Crippen LogP contribution < -0.4 is 0 Å². The highest BCUT2D eigenvalue weighted by molar-refractivity contribution is 7.99. The predicted octanol–water partition coefficient (Wildman–Crippen LogP) is 1.16. The van der Waals surface area contributed by atoms with E-state index in [0.29, 0.717) is 12.2 Å². The van der Waals surface area contributed by atoms with Gasteiger partial charge < -0.3 is 0 Å². The molecule has 78 valence electrons. The standard InChI is InChI=1S/C9H15N3OS/c1-3-12-9(10-7-11-12)5-8(13)6-14-4-2/h7H,3-6H2,1-2H3. The first-order valence-corrected chi connectivity index (χ1v) is 5.89. The van der Waals surface area contributed by atoms with Crippen molar-refractivity contribution in [1.29, 1.82) is 0 Å². The largest absolute Gasteiger partial charge is 0.298 e. The van der Waals surface area contributed by atoms with E-state index in [1.807, 2.05) is 13.8 Å². The Kier molecular flexibility index (Phi) is 4.65. The van der Waals surface area contributed by atoms with Crippen molar-refractivity contribution in [1.82, 2.24) is 14.8 Å². The molecule has 1 aromatic rings. The average Bonchev–Trinajstić information content (AvgIpc) is 2.62. The zero-order valence-corrected chi connectivity index (χ0v) is 9.38. The molecule has 5 heteroatoms. The SMILES string of the molecule is CCSCC(=O)Cc1ncnn1CC. The van der Waals surface area contributed by atoms with Crippen molar-refractivity contribution in [3.63, 3.8) is 0 Å². The molecule has 0 unspecified atom stereocenters. The predicted molar refractivity (Wildman–Crippen MR) is 57.4 cm³/mol. The van der Waals surface area contributed by atoms with Crippen LogP contribution in [0.5, 0.6) is 0 Å². The lowest BCUT2D eigenvalue weighted by atomic mass is 10.3. The van der Waals surface area contributed by atoms with Crippen molar-refractivity contribution >= 4 is 17.5 Å². The fourth-order valence-corrected chi connectivity index (χ4v) is 1.67. The van der Waals surface area contributed by atoms with Crippen LogP contribution in [0, 0.1) is 0 Å². The first kappa shape index (κ1) is 11.2. The lowest BCUT2D eigenvalue weighted by Gasteiger charge is -2.01. The molecule has 0 atom stereocenters. The van der Waals surface area contributed by atoms with Crippen molar-refractivity contribution < 1.29 is 4.79 Å². The number of ketones is 1. The van der Waals surface area contributed by atoms with E-state index < -0.39 is 0 Å². The summed E-state index contributed by atoms with van der Waals surface area (Å²) in [4.78, 5) is 15.5. The summed E-state index contributed by atoms with van der Waals surface area (Å²) in [6.45, 7) is 4.81. The highest BCUT2D eigenvalue weighted by Gasteiger charge is 2.08. The smallest absolute Gasteiger partial charge is 0.150 e. The molecule has 1 aromatic heterocycles. The number of hydrogen-bond acceptors (Lipinski definition) is 4. The fourth-order valence-electron chi connectivity index (χ4n) is 1.13. The molecule has 1 heterocycles. The number of rotatable bonds is 6. The van der Waals surface area contributed by atoms with Crippen LogP contribution in [0.1, 0.15) is 19.7 Å². The van der Waals surface area contributed by atoms with Crippen LogP contribution in [0.3, 0.4) is 0 Å². The van der Waals surface area contributed by atoms with Crippen LogP contribution in [0.25, 0.3) is 0 Å². The molecule has 0 saturated heterocycles. The van der Waals surface area contributed by atoms with E-state index in [4.69, 9.17) is 0 Å². The minimum Gasteiger partial charge on any atom is -0.298 e. The van der Waals surface area contributed by atoms with Crippen molar-refractivity contribution in [2.24, 2.45) is 0 Å². The molecule has 1 rings (SSSR count). The van der Waals surface area contributed by atoms with E-state index >= 15 is 0 Å². The van der Waals surface area contributed by atoms with Crippen LogP contribution in [0.15, 0.2) is 6.33 Å². The Bertz CT molecular complexity index is 298. The average molecular weight is 213 g/mol. The Balaban J connectivity index is 2.47. The molecular weight excluding hydrogens is 198 g/mol. The molecule has 0 saturated carbocycles. The van der Waals surface area contributed by atoms with E-state index in [-0.39, 0.29) is 5.78 Å². The summed E-state index contributed by atoms with van der Waals surface area (Å²) in [6.07, 6.45) is 1.90. The summed E-state index contributed by atoms with van der Waals surface area (Å²) in [5, 5.41) is 4.01. The molecule has 0 aliphatic rings. The zero-order valence-electron chi connectivity index (χ0n) is 8.56. The molecule has 14 heavy (non-hydrogen) atoms. The number of thioether (sulfide) groups is 1. The maximum atomic E-state index is 11.4. The summed E-state index contributed by atoms with van der Waals surface area (Å²) in [5.41, 5.74) is 0. The highest BCUT2D eigenvalue weighted by atomic mass is 32.2. The number of aryl methyl sites for hydroxylation is 1. The topological polar surface area (TPSA) is 47.8 Å². The first-order valence-electron chi connectivity index (χ1n) is 4.74. The van der Waals surface area contributed by atoms with E-state index in [1.165, 1.54) is 6.33 Å². The van der Waals surface area contributed by atoms with Gasteiger partial charge in [-0.15, -0.1) is 0 Å². The number of nitrogens with zero attached hydrogens (tertiary/aromatic N) is 3. The zero-order chi connectivity index (χ0) is 10.4. The molecule has 0 radical (unpaired) electrons. The van der Waals surface area contributed by atoms with Crippen molar-refractivity contribution in [2.45, 2.75) is 26.8 Å². The van der Waals surface area contributed by atoms with Crippen molar-refractivity contribution in [3.8, 4) is 0 Å². The minimum absolute atomic E-state index is 0.222. The van der Waals surface area contributed by atoms with Crippen molar-refractivity contribution in [2.75, 3.05) is 11.5 Å². The summed E-state index contributed by atoms with van der Waals surface area (Å²) in [6, 6.07) is 0. The van der Waals surface area contributed by atoms with Crippen LogP contribution in [0.2, 0.25) is 0 Å². The molecule has 4 nitrogen and oxygen atoms in total. The van der Waals surface area contributed by atoms with E-state index in [1.54, 1.807) is 16.4 Å². The molecule has 0 N–H and O–H groups in total. The van der Waals surface area contributed by atoms with Gasteiger partial charge in [-0.3, -0.25) is 4.79 Å². The van der Waals surface area contributed by atoms with Gasteiger partial charge in [-0.1, -0.05) is 6.92 Å². The van der Waals surface area contributed by atoms with Gasteiger partial charge in [0.2, 0.25) is 0 Å². The number of Topliss-reactive ketones (excluding diaryl/α,β-unsaturated/α-hetero) is 1. The molecule has 0 fully saturated rings. The molecule has 0 aromatic carbocycles. The molecule has 0 aliphatic carbocycles. The first-order chi connectivity index (χ1) is 6.77. The number of carbonyl (C=O) groups is 1. The lowest BCUT2D eigenvalue weighted by molar-refractivity contribution is -0.116. The second kappa shape index (κ2) is 5.80. The molecule has 0 aliphatic heterocycles. The third-order valence-corrected chi connectivity index (χ3v) is 2.75. The van der Waals surface area contributed by atoms with Gasteiger partial charge in [0.1, 0.15) is 17.9 Å². The van der Waals surface area contributed by atoms with Crippen LogP contribution in [-0.2, 0) is 17.8 Å². The van der Waals surface area contributed by atoms with E-state index in [0.717, 1.165) is 18.1 Å². The summed E-state index contributed by atoms with van der Waals surface area (Å²) in [5.74, 6) is 2.55. The second-order valence-corrected chi connectivity index (χ2v) is 4.12. The van der Waals surface area contributed by atoms with Crippen LogP contribution >= 0.6 is 11.8 Å². The summed E-state index contributed by atoms with van der Waals surface area (Å²) >= 11 is 1.64. The van der Waals surface area contributed by atoms with Gasteiger partial charge in [-0.05, 0) is 12.7 Å². The Morgan fingerprint density at radius 1 is 1.57 bits per heavy atom. The third-order valence-electron chi connectivity index (χ3n) is 1.82. The monoisotopic (exact) mass is 213 g/mol. The summed E-state index contributed by atoms with van der Waals surface area (Å²) in [7, 11) is 0. The summed E-state index contributed by atoms with van der Waals surface area (Å²) < 4.78 is 1.76.